The van der Waals surface area contributed by atoms with Gasteiger partial charge in [0.05, 0.1) is 27.5 Å². The molecule has 0 radical (unpaired) electrons. The van der Waals surface area contributed by atoms with Crippen LogP contribution in [0.15, 0.2) is 67.9 Å². The molecule has 0 aliphatic carbocycles. The standard InChI is InChI=1S/C40H52N2O2S2/c1-3-5-7-9-11-13-15-17-25-45-35-23-20-22-32-37(35)40(44)31-28-34-30(27-33(31)41-32)39(43)29-21-19-24-36(38(29)42-34)46-26-18-16-14-12-10-8-6-4-2/h19-24,27-28H,3-18,25-26H2,1-2H3,(H,41,44)(H,42,43). The summed E-state index contributed by atoms with van der Waals surface area (Å²) < 4.78 is 0. The van der Waals surface area contributed by atoms with Crippen LogP contribution in [0.5, 0.6) is 0 Å². The molecule has 0 saturated carbocycles. The predicted octanol–water partition coefficient (Wildman–Crippen LogP) is 12.1. The number of benzene rings is 3. The third-order valence-corrected chi connectivity index (χ3v) is 11.5. The van der Waals surface area contributed by atoms with E-state index in [0.717, 1.165) is 43.2 Å². The van der Waals surface area contributed by atoms with Crippen LogP contribution in [0.1, 0.15) is 117 Å². The first-order valence-electron chi connectivity index (χ1n) is 18.0. The molecule has 0 aliphatic heterocycles. The molecule has 0 bridgehead atoms. The van der Waals surface area contributed by atoms with E-state index < -0.39 is 0 Å². The van der Waals surface area contributed by atoms with Crippen LogP contribution >= 0.6 is 23.5 Å². The zero-order valence-electron chi connectivity index (χ0n) is 28.0. The molecular formula is C40H52N2O2S2. The molecule has 246 valence electrons. The normalized spacial score (nSPS) is 11.9. The molecule has 0 fully saturated rings. The fraction of sp³-hybridized carbons (Fsp3) is 0.500. The smallest absolute Gasteiger partial charge is 0.198 e. The van der Waals surface area contributed by atoms with Gasteiger partial charge in [0.25, 0.3) is 0 Å². The number of hydrogen-bond acceptors (Lipinski definition) is 4. The monoisotopic (exact) mass is 656 g/mol. The van der Waals surface area contributed by atoms with Crippen molar-refractivity contribution in [2.45, 2.75) is 126 Å². The van der Waals surface area contributed by atoms with Crippen LogP contribution in [0.3, 0.4) is 0 Å². The third-order valence-electron chi connectivity index (χ3n) is 9.21. The van der Waals surface area contributed by atoms with E-state index in [2.05, 4.69) is 35.9 Å². The second kappa shape index (κ2) is 18.0. The van der Waals surface area contributed by atoms with E-state index >= 15 is 0 Å². The highest BCUT2D eigenvalue weighted by atomic mass is 32.2. The lowest BCUT2D eigenvalue weighted by atomic mass is 10.1. The summed E-state index contributed by atoms with van der Waals surface area (Å²) in [4.78, 5) is 36.9. The van der Waals surface area contributed by atoms with E-state index in [1.165, 1.54) is 103 Å². The Morgan fingerprint density at radius 1 is 0.500 bits per heavy atom. The number of nitrogens with one attached hydrogen (secondary N) is 2. The zero-order chi connectivity index (χ0) is 32.1. The molecule has 5 aromatic rings. The lowest BCUT2D eigenvalue weighted by Crippen LogP contribution is -2.09. The van der Waals surface area contributed by atoms with Gasteiger partial charge in [0, 0.05) is 25.9 Å². The molecule has 0 saturated heterocycles. The van der Waals surface area contributed by atoms with Crippen LogP contribution < -0.4 is 10.9 Å². The van der Waals surface area contributed by atoms with Crippen LogP contribution in [-0.2, 0) is 0 Å². The minimum Gasteiger partial charge on any atom is -0.354 e. The van der Waals surface area contributed by atoms with Gasteiger partial charge >= 0.3 is 0 Å². The Bertz CT molecular complexity index is 1840. The number of pyridine rings is 2. The van der Waals surface area contributed by atoms with Crippen LogP contribution in [0, 0.1) is 0 Å². The Balaban J connectivity index is 1.33. The van der Waals surface area contributed by atoms with Gasteiger partial charge in [0.2, 0.25) is 0 Å². The van der Waals surface area contributed by atoms with E-state index in [9.17, 15) is 9.59 Å². The van der Waals surface area contributed by atoms with Gasteiger partial charge < -0.3 is 9.97 Å². The SMILES string of the molecule is CCCCCCCCCCSc1cccc2c(=O)c3cc4[nH]c5cccc(SCCCCCCCCCC)c5c(=O)c4cc3[nH]c12. The maximum Gasteiger partial charge on any atom is 0.198 e. The molecule has 0 amide bonds. The summed E-state index contributed by atoms with van der Waals surface area (Å²) in [5.74, 6) is 2.05. The number of unbranched alkanes of at least 4 members (excludes halogenated alkanes) is 14. The quantitative estimate of drug-likeness (QED) is 0.0497. The molecule has 6 heteroatoms. The van der Waals surface area contributed by atoms with Crippen molar-refractivity contribution in [3.8, 4) is 0 Å². The van der Waals surface area contributed by atoms with Gasteiger partial charge in [0.15, 0.2) is 10.9 Å². The largest absolute Gasteiger partial charge is 0.354 e. The minimum atomic E-state index is 0.01000. The summed E-state index contributed by atoms with van der Waals surface area (Å²) in [7, 11) is 0. The van der Waals surface area contributed by atoms with Gasteiger partial charge in [0.1, 0.15) is 0 Å². The predicted molar refractivity (Wildman–Crippen MR) is 204 cm³/mol. The van der Waals surface area contributed by atoms with Crippen molar-refractivity contribution < 1.29 is 0 Å². The van der Waals surface area contributed by atoms with Crippen molar-refractivity contribution in [1.82, 2.24) is 9.97 Å². The fourth-order valence-electron chi connectivity index (χ4n) is 6.54. The maximum atomic E-state index is 14.0. The van der Waals surface area contributed by atoms with E-state index in [0.29, 0.717) is 21.7 Å². The Morgan fingerprint density at radius 3 is 1.63 bits per heavy atom. The molecule has 0 spiro atoms. The molecule has 0 atom stereocenters. The average Bonchev–Trinajstić information content (AvgIpc) is 3.07. The first-order chi connectivity index (χ1) is 22.6. The van der Waals surface area contributed by atoms with Crippen molar-refractivity contribution >= 4 is 67.1 Å². The first kappa shape index (κ1) is 34.6. The lowest BCUT2D eigenvalue weighted by molar-refractivity contribution is 0.586. The van der Waals surface area contributed by atoms with Gasteiger partial charge in [-0.1, -0.05) is 116 Å². The fourth-order valence-corrected chi connectivity index (χ4v) is 8.68. The number of aromatic nitrogens is 2. The van der Waals surface area contributed by atoms with E-state index in [1.54, 1.807) is 11.8 Å². The summed E-state index contributed by atoms with van der Waals surface area (Å²) >= 11 is 3.62. The number of thioether (sulfide) groups is 2. The lowest BCUT2D eigenvalue weighted by Gasteiger charge is -2.11. The molecule has 0 unspecified atom stereocenters. The Labute approximate surface area is 282 Å². The van der Waals surface area contributed by atoms with Gasteiger partial charge in [-0.25, -0.2) is 0 Å². The van der Waals surface area contributed by atoms with Crippen LogP contribution in [0.25, 0.3) is 43.6 Å². The van der Waals surface area contributed by atoms with Crippen molar-refractivity contribution in [3.63, 3.8) is 0 Å². The van der Waals surface area contributed by atoms with Crippen molar-refractivity contribution in [1.29, 1.82) is 0 Å². The molecule has 2 heterocycles. The summed E-state index contributed by atoms with van der Waals surface area (Å²) in [6.45, 7) is 4.52. The van der Waals surface area contributed by atoms with Gasteiger partial charge in [-0.3, -0.25) is 9.59 Å². The zero-order valence-corrected chi connectivity index (χ0v) is 29.6. The molecule has 5 rings (SSSR count). The maximum absolute atomic E-state index is 14.0. The van der Waals surface area contributed by atoms with Crippen molar-refractivity contribution in [2.75, 3.05) is 11.5 Å². The third kappa shape index (κ3) is 8.80. The summed E-state index contributed by atoms with van der Waals surface area (Å²) in [5, 5.41) is 2.69. The summed E-state index contributed by atoms with van der Waals surface area (Å²) in [6, 6.07) is 15.8. The van der Waals surface area contributed by atoms with E-state index in [1.807, 2.05) is 48.2 Å². The van der Waals surface area contributed by atoms with Gasteiger partial charge in [-0.05, 0) is 60.7 Å². The Hall–Kier alpha value is -2.70. The number of fused-ring (bicyclic) bond motifs is 4. The minimum absolute atomic E-state index is 0.01000. The molecule has 4 nitrogen and oxygen atoms in total. The molecule has 3 aromatic carbocycles. The van der Waals surface area contributed by atoms with Crippen molar-refractivity contribution in [2.24, 2.45) is 0 Å². The number of rotatable bonds is 20. The molecule has 2 N–H and O–H groups in total. The van der Waals surface area contributed by atoms with Crippen LogP contribution in [0.4, 0.5) is 0 Å². The number of aromatic amines is 2. The molecule has 2 aromatic heterocycles. The van der Waals surface area contributed by atoms with Gasteiger partial charge in [-0.2, -0.15) is 0 Å². The van der Waals surface area contributed by atoms with Gasteiger partial charge in [-0.15, -0.1) is 23.5 Å². The average molecular weight is 657 g/mol. The highest BCUT2D eigenvalue weighted by molar-refractivity contribution is 7.99. The summed E-state index contributed by atoms with van der Waals surface area (Å²) in [6.07, 6.45) is 20.8. The van der Waals surface area contributed by atoms with Crippen LogP contribution in [-0.4, -0.2) is 21.5 Å². The van der Waals surface area contributed by atoms with E-state index in [4.69, 9.17) is 0 Å². The first-order valence-corrected chi connectivity index (χ1v) is 19.9. The number of H-pyrrole nitrogens is 2. The highest BCUT2D eigenvalue weighted by Crippen LogP contribution is 2.31. The highest BCUT2D eigenvalue weighted by Gasteiger charge is 2.15. The number of hydrogen-bond donors (Lipinski definition) is 2. The second-order valence-corrected chi connectivity index (χ2v) is 15.1. The number of para-hydroxylation sites is 1. The van der Waals surface area contributed by atoms with Crippen molar-refractivity contribution in [3.05, 3.63) is 69.0 Å². The Morgan fingerprint density at radius 2 is 1.00 bits per heavy atom. The molecule has 46 heavy (non-hydrogen) atoms. The molecule has 0 aliphatic rings. The van der Waals surface area contributed by atoms with Crippen LogP contribution in [0.2, 0.25) is 0 Å². The second-order valence-electron chi connectivity index (χ2n) is 12.9. The van der Waals surface area contributed by atoms with E-state index in [-0.39, 0.29) is 10.9 Å². The Kier molecular flexibility index (Phi) is 13.6. The molecular weight excluding hydrogens is 605 g/mol. The topological polar surface area (TPSA) is 65.7 Å². The summed E-state index contributed by atoms with van der Waals surface area (Å²) in [5.41, 5.74) is 3.18.